The van der Waals surface area contributed by atoms with Crippen LogP contribution in [0.4, 0.5) is 5.69 Å². The number of benzene rings is 2. The molecule has 4 aromatic rings. The Labute approximate surface area is 144 Å². The number of halogens is 1. The van der Waals surface area contributed by atoms with Crippen LogP contribution in [0.5, 0.6) is 0 Å². The first kappa shape index (κ1) is 15.2. The molecule has 0 aliphatic heterocycles. The van der Waals surface area contributed by atoms with Gasteiger partial charge in [0.25, 0.3) is 0 Å². The van der Waals surface area contributed by atoms with Gasteiger partial charge in [-0.1, -0.05) is 29.8 Å². The Morgan fingerprint density at radius 2 is 2.00 bits per heavy atom. The first-order valence-corrected chi connectivity index (χ1v) is 8.39. The second kappa shape index (κ2) is 5.96. The number of hydrogen-bond donors (Lipinski definition) is 2. The lowest BCUT2D eigenvalue weighted by molar-refractivity contribution is 0.292. The highest BCUT2D eigenvalue weighted by molar-refractivity contribution is 6.32. The van der Waals surface area contributed by atoms with Crippen LogP contribution in [0.1, 0.15) is 6.42 Å². The van der Waals surface area contributed by atoms with Crippen molar-refractivity contribution in [2.45, 2.75) is 6.42 Å². The lowest BCUT2D eigenvalue weighted by atomic mass is 10.1. The number of aromatic nitrogens is 2. The van der Waals surface area contributed by atoms with Crippen LogP contribution in [-0.2, 0) is 7.05 Å². The molecule has 0 saturated heterocycles. The van der Waals surface area contributed by atoms with Gasteiger partial charge in [0.05, 0.1) is 22.1 Å². The number of aliphatic hydroxyl groups is 1. The molecular weight excluding hydrogens is 322 g/mol. The van der Waals surface area contributed by atoms with E-state index in [9.17, 15) is 0 Å². The highest BCUT2D eigenvalue weighted by Gasteiger charge is 2.16. The Balaban J connectivity index is 2.13. The molecule has 2 aromatic carbocycles. The maximum absolute atomic E-state index is 9.11. The Kier molecular flexibility index (Phi) is 3.79. The Morgan fingerprint density at radius 1 is 1.17 bits per heavy atom. The summed E-state index contributed by atoms with van der Waals surface area (Å²) in [6, 6.07) is 14.1. The minimum absolute atomic E-state index is 0.162. The topological polar surface area (TPSA) is 50.1 Å². The second-order valence-corrected chi connectivity index (χ2v) is 6.36. The fraction of sp³-hybridized carbons (Fsp3) is 0.211. The van der Waals surface area contributed by atoms with E-state index in [1.54, 1.807) is 0 Å². The lowest BCUT2D eigenvalue weighted by Gasteiger charge is -2.12. The number of hydrogen-bond acceptors (Lipinski definition) is 3. The SMILES string of the molecule is Cn1c2ccccc2c2c(NCCCO)c3cc(Cl)ccc3nc21. The number of aliphatic hydroxyl groups excluding tert-OH is 1. The van der Waals surface area contributed by atoms with Crippen molar-refractivity contribution >= 4 is 50.1 Å². The first-order valence-electron chi connectivity index (χ1n) is 8.02. The van der Waals surface area contributed by atoms with E-state index in [1.165, 1.54) is 0 Å². The normalized spacial score (nSPS) is 11.6. The Morgan fingerprint density at radius 3 is 2.83 bits per heavy atom. The number of pyridine rings is 1. The summed E-state index contributed by atoms with van der Waals surface area (Å²) in [6.45, 7) is 0.857. The van der Waals surface area contributed by atoms with E-state index >= 15 is 0 Å². The molecule has 24 heavy (non-hydrogen) atoms. The predicted octanol–water partition coefficient (Wildman–Crippen LogP) is 4.33. The van der Waals surface area contributed by atoms with Crippen LogP contribution in [0.2, 0.25) is 5.02 Å². The van der Waals surface area contributed by atoms with Crippen LogP contribution in [0.15, 0.2) is 42.5 Å². The number of rotatable bonds is 4. The summed E-state index contributed by atoms with van der Waals surface area (Å²) in [4.78, 5) is 4.86. The summed E-state index contributed by atoms with van der Waals surface area (Å²) >= 11 is 6.23. The third-order valence-electron chi connectivity index (χ3n) is 4.42. The molecule has 0 aliphatic rings. The highest BCUT2D eigenvalue weighted by Crippen LogP contribution is 2.38. The monoisotopic (exact) mass is 339 g/mol. The molecule has 0 radical (unpaired) electrons. The van der Waals surface area contributed by atoms with Gasteiger partial charge in [-0.3, -0.25) is 0 Å². The largest absolute Gasteiger partial charge is 0.396 e. The van der Waals surface area contributed by atoms with E-state index in [2.05, 4.69) is 22.0 Å². The number of fused-ring (bicyclic) bond motifs is 4. The Bertz CT molecular complexity index is 1050. The molecule has 0 fully saturated rings. The van der Waals surface area contributed by atoms with Gasteiger partial charge in [-0.25, -0.2) is 4.98 Å². The zero-order valence-electron chi connectivity index (χ0n) is 13.4. The Hall–Kier alpha value is -2.30. The quantitative estimate of drug-likeness (QED) is 0.544. The predicted molar refractivity (Wildman–Crippen MR) is 101 cm³/mol. The zero-order chi connectivity index (χ0) is 16.7. The van der Waals surface area contributed by atoms with E-state index in [-0.39, 0.29) is 6.61 Å². The summed E-state index contributed by atoms with van der Waals surface area (Å²) < 4.78 is 2.12. The number of aryl methyl sites for hydroxylation is 1. The van der Waals surface area contributed by atoms with Crippen molar-refractivity contribution in [2.75, 3.05) is 18.5 Å². The number of nitrogens with one attached hydrogen (secondary N) is 1. The van der Waals surface area contributed by atoms with E-state index in [4.69, 9.17) is 21.7 Å². The summed E-state index contributed by atoms with van der Waals surface area (Å²) in [5.41, 5.74) is 4.02. The van der Waals surface area contributed by atoms with Crippen molar-refractivity contribution in [3.8, 4) is 0 Å². The van der Waals surface area contributed by atoms with Crippen LogP contribution in [-0.4, -0.2) is 27.8 Å². The average Bonchev–Trinajstić information content (AvgIpc) is 2.88. The number of anilines is 1. The second-order valence-electron chi connectivity index (χ2n) is 5.93. The smallest absolute Gasteiger partial charge is 0.143 e. The fourth-order valence-corrected chi connectivity index (χ4v) is 3.46. The van der Waals surface area contributed by atoms with Crippen LogP contribution >= 0.6 is 11.6 Å². The lowest BCUT2D eigenvalue weighted by Crippen LogP contribution is -2.05. The molecule has 122 valence electrons. The molecule has 0 saturated carbocycles. The highest BCUT2D eigenvalue weighted by atomic mass is 35.5. The minimum Gasteiger partial charge on any atom is -0.396 e. The van der Waals surface area contributed by atoms with Crippen molar-refractivity contribution in [2.24, 2.45) is 7.05 Å². The van der Waals surface area contributed by atoms with Crippen LogP contribution in [0.3, 0.4) is 0 Å². The molecule has 0 spiro atoms. The van der Waals surface area contributed by atoms with Crippen molar-refractivity contribution < 1.29 is 5.11 Å². The summed E-state index contributed by atoms with van der Waals surface area (Å²) in [7, 11) is 2.04. The molecule has 0 unspecified atom stereocenters. The number of para-hydroxylation sites is 1. The fourth-order valence-electron chi connectivity index (χ4n) is 3.29. The average molecular weight is 340 g/mol. The molecule has 2 N–H and O–H groups in total. The minimum atomic E-state index is 0.162. The van der Waals surface area contributed by atoms with Crippen molar-refractivity contribution in [3.63, 3.8) is 0 Å². The van der Waals surface area contributed by atoms with Gasteiger partial charge in [0.1, 0.15) is 5.65 Å². The summed E-state index contributed by atoms with van der Waals surface area (Å²) in [5.74, 6) is 0. The standard InChI is InChI=1S/C19H18ClN3O/c1-23-16-6-3-2-5-13(16)17-18(21-9-4-10-24)14-11-12(20)7-8-15(14)22-19(17)23/h2-3,5-8,11,24H,4,9-10H2,1H3,(H,21,22). The summed E-state index contributed by atoms with van der Waals surface area (Å²) in [6.07, 6.45) is 0.691. The van der Waals surface area contributed by atoms with Gasteiger partial charge in [-0.05, 0) is 30.7 Å². The van der Waals surface area contributed by atoms with Crippen molar-refractivity contribution in [1.82, 2.24) is 9.55 Å². The van der Waals surface area contributed by atoms with Crippen LogP contribution in [0, 0.1) is 0 Å². The van der Waals surface area contributed by atoms with E-state index in [1.807, 2.05) is 37.4 Å². The molecule has 0 amide bonds. The molecule has 0 atom stereocenters. The van der Waals surface area contributed by atoms with Crippen LogP contribution in [0.25, 0.3) is 32.8 Å². The molecule has 4 nitrogen and oxygen atoms in total. The van der Waals surface area contributed by atoms with Gasteiger partial charge in [0.2, 0.25) is 0 Å². The molecule has 4 rings (SSSR count). The summed E-state index contributed by atoms with van der Waals surface area (Å²) in [5, 5.41) is 16.6. The van der Waals surface area contributed by atoms with E-state index < -0.39 is 0 Å². The maximum atomic E-state index is 9.11. The zero-order valence-corrected chi connectivity index (χ0v) is 14.1. The third-order valence-corrected chi connectivity index (χ3v) is 4.65. The first-order chi connectivity index (χ1) is 11.7. The van der Waals surface area contributed by atoms with E-state index in [0.29, 0.717) is 18.0 Å². The van der Waals surface area contributed by atoms with Gasteiger partial charge in [0.15, 0.2) is 0 Å². The van der Waals surface area contributed by atoms with Gasteiger partial charge < -0.3 is 15.0 Å². The third kappa shape index (κ3) is 2.30. The van der Waals surface area contributed by atoms with Crippen LogP contribution < -0.4 is 5.32 Å². The molecule has 0 aliphatic carbocycles. The van der Waals surface area contributed by atoms with Crippen molar-refractivity contribution in [1.29, 1.82) is 0 Å². The van der Waals surface area contributed by atoms with Crippen molar-refractivity contribution in [3.05, 3.63) is 47.5 Å². The molecule has 2 aromatic heterocycles. The van der Waals surface area contributed by atoms with Gasteiger partial charge >= 0.3 is 0 Å². The molecule has 5 heteroatoms. The maximum Gasteiger partial charge on any atom is 0.143 e. The van der Waals surface area contributed by atoms with E-state index in [0.717, 1.165) is 38.5 Å². The molecule has 2 heterocycles. The molecule has 0 bridgehead atoms. The van der Waals surface area contributed by atoms with Gasteiger partial charge in [0, 0.05) is 36.0 Å². The van der Waals surface area contributed by atoms with Gasteiger partial charge in [-0.15, -0.1) is 0 Å². The molecular formula is C19H18ClN3O. The number of nitrogens with zero attached hydrogens (tertiary/aromatic N) is 2. The van der Waals surface area contributed by atoms with Gasteiger partial charge in [-0.2, -0.15) is 0 Å².